The fourth-order valence-corrected chi connectivity index (χ4v) is 1.74. The Balaban J connectivity index is 3.42. The van der Waals surface area contributed by atoms with Crippen LogP contribution in [0.4, 0.5) is 5.69 Å². The number of nitrogen functional groups attached to an aromatic ring is 1. The summed E-state index contributed by atoms with van der Waals surface area (Å²) in [5.74, 6) is 0. The molecule has 0 heterocycles. The van der Waals surface area contributed by atoms with Crippen LogP contribution in [-0.2, 0) is 9.84 Å². The van der Waals surface area contributed by atoms with Crippen molar-refractivity contribution in [3.8, 4) is 0 Å². The highest BCUT2D eigenvalue weighted by Gasteiger charge is 2.10. The Hall–Kier alpha value is -1.36. The number of sulfone groups is 1. The van der Waals surface area contributed by atoms with Gasteiger partial charge in [0.15, 0.2) is 9.84 Å². The summed E-state index contributed by atoms with van der Waals surface area (Å²) in [6, 6.07) is 4.37. The lowest BCUT2D eigenvalue weighted by molar-refractivity contribution is 0.602. The first-order valence-corrected chi connectivity index (χ1v) is 5.86. The van der Waals surface area contributed by atoms with E-state index in [4.69, 9.17) is 11.1 Å². The van der Waals surface area contributed by atoms with Crippen molar-refractivity contribution in [2.45, 2.75) is 11.8 Å². The van der Waals surface area contributed by atoms with Crippen molar-refractivity contribution in [2.24, 2.45) is 0 Å². The van der Waals surface area contributed by atoms with E-state index >= 15 is 0 Å². The van der Waals surface area contributed by atoms with Crippen LogP contribution in [0.1, 0.15) is 12.5 Å². The van der Waals surface area contributed by atoms with Gasteiger partial charge in [0.1, 0.15) is 0 Å². The van der Waals surface area contributed by atoms with E-state index in [9.17, 15) is 8.42 Å². The van der Waals surface area contributed by atoms with Gasteiger partial charge in [-0.1, -0.05) is 0 Å². The van der Waals surface area contributed by atoms with E-state index in [1.54, 1.807) is 6.92 Å². The smallest absolute Gasteiger partial charge is 0.175 e. The second kappa shape index (κ2) is 3.42. The van der Waals surface area contributed by atoms with Crippen LogP contribution in [0, 0.1) is 5.41 Å². The zero-order valence-corrected chi connectivity index (χ0v) is 8.85. The summed E-state index contributed by atoms with van der Waals surface area (Å²) in [7, 11) is -3.23. The van der Waals surface area contributed by atoms with Crippen LogP contribution in [-0.4, -0.2) is 20.4 Å². The van der Waals surface area contributed by atoms with E-state index in [1.165, 1.54) is 18.2 Å². The lowest BCUT2D eigenvalue weighted by Crippen LogP contribution is -2.04. The van der Waals surface area contributed by atoms with Gasteiger partial charge < -0.3 is 11.1 Å². The number of hydrogen-bond donors (Lipinski definition) is 2. The van der Waals surface area contributed by atoms with E-state index in [1.807, 2.05) is 0 Å². The Morgan fingerprint density at radius 2 is 2.00 bits per heavy atom. The molecule has 3 N–H and O–H groups in total. The van der Waals surface area contributed by atoms with Crippen molar-refractivity contribution >= 4 is 21.2 Å². The van der Waals surface area contributed by atoms with E-state index in [0.717, 1.165) is 6.26 Å². The molecule has 0 radical (unpaired) electrons. The largest absolute Gasteiger partial charge is 0.398 e. The second-order valence-corrected chi connectivity index (χ2v) is 5.16. The fourth-order valence-electron chi connectivity index (χ4n) is 1.09. The molecule has 1 aromatic carbocycles. The maximum Gasteiger partial charge on any atom is 0.175 e. The van der Waals surface area contributed by atoms with E-state index in [-0.39, 0.29) is 10.6 Å². The average Bonchev–Trinajstić information content (AvgIpc) is 2.02. The predicted molar refractivity (Wildman–Crippen MR) is 56.5 cm³/mol. The molecule has 4 nitrogen and oxygen atoms in total. The van der Waals surface area contributed by atoms with E-state index in [2.05, 4.69) is 0 Å². The molecule has 0 unspecified atom stereocenters. The first-order chi connectivity index (χ1) is 6.32. The highest BCUT2D eigenvalue weighted by molar-refractivity contribution is 7.90. The Morgan fingerprint density at radius 1 is 1.43 bits per heavy atom. The minimum absolute atomic E-state index is 0.188. The van der Waals surface area contributed by atoms with Crippen LogP contribution < -0.4 is 5.73 Å². The van der Waals surface area contributed by atoms with Gasteiger partial charge in [-0.15, -0.1) is 0 Å². The first kappa shape index (κ1) is 10.7. The van der Waals surface area contributed by atoms with Gasteiger partial charge in [0.25, 0.3) is 0 Å². The minimum Gasteiger partial charge on any atom is -0.398 e. The molecular weight excluding hydrogens is 200 g/mol. The summed E-state index contributed by atoms with van der Waals surface area (Å²) < 4.78 is 22.4. The third-order valence-corrected chi connectivity index (χ3v) is 2.97. The van der Waals surface area contributed by atoms with Gasteiger partial charge in [-0.25, -0.2) is 8.42 Å². The zero-order chi connectivity index (χ0) is 10.9. The molecule has 5 heteroatoms. The maximum absolute atomic E-state index is 11.2. The Labute approximate surface area is 83.2 Å². The van der Waals surface area contributed by atoms with Crippen LogP contribution >= 0.6 is 0 Å². The lowest BCUT2D eigenvalue weighted by Gasteiger charge is -2.05. The SMILES string of the molecule is CC(=N)c1cc(S(C)(=O)=O)ccc1N. The monoisotopic (exact) mass is 212 g/mol. The van der Waals surface area contributed by atoms with Crippen molar-refractivity contribution in [1.82, 2.24) is 0 Å². The molecule has 1 aromatic rings. The molecule has 76 valence electrons. The van der Waals surface area contributed by atoms with E-state index < -0.39 is 9.84 Å². The summed E-state index contributed by atoms with van der Waals surface area (Å²) in [6.45, 7) is 1.57. The highest BCUT2D eigenvalue weighted by atomic mass is 32.2. The summed E-state index contributed by atoms with van der Waals surface area (Å²) in [5.41, 5.74) is 6.74. The first-order valence-electron chi connectivity index (χ1n) is 3.97. The molecule has 0 aliphatic carbocycles. The second-order valence-electron chi connectivity index (χ2n) is 3.15. The van der Waals surface area contributed by atoms with Crippen molar-refractivity contribution in [1.29, 1.82) is 5.41 Å². The van der Waals surface area contributed by atoms with E-state index in [0.29, 0.717) is 11.3 Å². The molecule has 0 aliphatic rings. The van der Waals surface area contributed by atoms with Crippen molar-refractivity contribution < 1.29 is 8.42 Å². The number of nitrogens with one attached hydrogen (secondary N) is 1. The molecule has 0 saturated carbocycles. The van der Waals surface area contributed by atoms with Crippen molar-refractivity contribution in [2.75, 3.05) is 12.0 Å². The molecule has 0 bridgehead atoms. The van der Waals surface area contributed by atoms with Gasteiger partial charge in [0.2, 0.25) is 0 Å². The van der Waals surface area contributed by atoms with Gasteiger partial charge in [0.05, 0.1) is 4.90 Å². The van der Waals surface area contributed by atoms with Gasteiger partial charge in [-0.05, 0) is 25.1 Å². The van der Waals surface area contributed by atoms with Crippen LogP contribution in [0.2, 0.25) is 0 Å². The third-order valence-electron chi connectivity index (χ3n) is 1.86. The molecule has 0 amide bonds. The lowest BCUT2D eigenvalue weighted by atomic mass is 10.1. The number of hydrogen-bond acceptors (Lipinski definition) is 4. The Bertz CT molecular complexity index is 478. The van der Waals surface area contributed by atoms with Crippen LogP contribution in [0.5, 0.6) is 0 Å². The minimum atomic E-state index is -3.23. The molecule has 14 heavy (non-hydrogen) atoms. The third kappa shape index (κ3) is 2.11. The zero-order valence-electron chi connectivity index (χ0n) is 8.03. The normalized spacial score (nSPS) is 11.3. The van der Waals surface area contributed by atoms with Crippen LogP contribution in [0.3, 0.4) is 0 Å². The summed E-state index contributed by atoms with van der Waals surface area (Å²) >= 11 is 0. The predicted octanol–water partition coefficient (Wildman–Crippen LogP) is 1.06. The molecule has 0 aromatic heterocycles. The molecule has 0 aliphatic heterocycles. The summed E-state index contributed by atoms with van der Waals surface area (Å²) in [5, 5.41) is 7.40. The molecule has 1 rings (SSSR count). The van der Waals surface area contributed by atoms with Gasteiger partial charge in [-0.3, -0.25) is 0 Å². The molecule has 0 spiro atoms. The molecular formula is C9H12N2O2S. The maximum atomic E-state index is 11.2. The molecule has 0 saturated heterocycles. The van der Waals surface area contributed by atoms with Gasteiger partial charge in [0, 0.05) is 23.2 Å². The summed E-state index contributed by atoms with van der Waals surface area (Å²) in [6.07, 6.45) is 1.13. The van der Waals surface area contributed by atoms with Crippen molar-refractivity contribution in [3.63, 3.8) is 0 Å². The number of anilines is 1. The van der Waals surface area contributed by atoms with Gasteiger partial charge >= 0.3 is 0 Å². The summed E-state index contributed by atoms with van der Waals surface area (Å²) in [4.78, 5) is 0.188. The molecule has 0 fully saturated rings. The average molecular weight is 212 g/mol. The molecule has 0 atom stereocenters. The number of rotatable bonds is 2. The topological polar surface area (TPSA) is 84.0 Å². The van der Waals surface area contributed by atoms with Gasteiger partial charge in [-0.2, -0.15) is 0 Å². The number of nitrogens with two attached hydrogens (primary N) is 1. The van der Waals surface area contributed by atoms with Crippen LogP contribution in [0.15, 0.2) is 23.1 Å². The highest BCUT2D eigenvalue weighted by Crippen LogP contribution is 2.18. The Kier molecular flexibility index (Phi) is 2.62. The Morgan fingerprint density at radius 3 is 2.43 bits per heavy atom. The van der Waals surface area contributed by atoms with Crippen molar-refractivity contribution in [3.05, 3.63) is 23.8 Å². The quantitative estimate of drug-likeness (QED) is 0.568. The van der Waals surface area contributed by atoms with Crippen LogP contribution in [0.25, 0.3) is 0 Å². The fraction of sp³-hybridized carbons (Fsp3) is 0.222. The standard InChI is InChI=1S/C9H12N2O2S/c1-6(10)8-5-7(14(2,12)13)3-4-9(8)11/h3-5,10H,11H2,1-2H3. The number of benzene rings is 1.